The van der Waals surface area contributed by atoms with Gasteiger partial charge in [0.05, 0.1) is 0 Å². The summed E-state index contributed by atoms with van der Waals surface area (Å²) in [5, 5.41) is 13.7. The van der Waals surface area contributed by atoms with E-state index in [9.17, 15) is 14.4 Å². The zero-order valence-corrected chi connectivity index (χ0v) is 11.3. The van der Waals surface area contributed by atoms with E-state index in [-0.39, 0.29) is 11.8 Å². The Balaban J connectivity index is 4.55. The van der Waals surface area contributed by atoms with E-state index in [1.165, 1.54) is 6.92 Å². The van der Waals surface area contributed by atoms with Gasteiger partial charge in [0.15, 0.2) is 0 Å². The maximum atomic E-state index is 11.9. The Morgan fingerprint density at radius 2 is 1.67 bits per heavy atom. The summed E-state index contributed by atoms with van der Waals surface area (Å²) in [5.74, 6) is -1.88. The number of carbonyl (C=O) groups excluding carboxylic acids is 2. The molecule has 2 atom stereocenters. The second kappa shape index (κ2) is 7.68. The molecule has 0 aliphatic rings. The molecule has 0 saturated carbocycles. The number of nitrogens with one attached hydrogen (secondary N) is 2. The van der Waals surface area contributed by atoms with Crippen LogP contribution in [0.15, 0.2) is 0 Å². The average molecular weight is 258 g/mol. The minimum Gasteiger partial charge on any atom is -0.480 e. The van der Waals surface area contributed by atoms with Crippen molar-refractivity contribution in [1.29, 1.82) is 0 Å². The zero-order valence-electron chi connectivity index (χ0n) is 11.3. The van der Waals surface area contributed by atoms with Crippen LogP contribution < -0.4 is 10.6 Å². The summed E-state index contributed by atoms with van der Waals surface area (Å²) in [6.45, 7) is 6.84. The van der Waals surface area contributed by atoms with Crippen LogP contribution >= 0.6 is 0 Å². The lowest BCUT2D eigenvalue weighted by Crippen LogP contribution is -2.52. The Bertz CT molecular complexity index is 315. The number of carboxylic acid groups (broad SMARTS) is 1. The first-order chi connectivity index (χ1) is 8.29. The molecule has 0 rings (SSSR count). The summed E-state index contributed by atoms with van der Waals surface area (Å²) in [5.41, 5.74) is 0. The first-order valence-corrected chi connectivity index (χ1v) is 6.12. The van der Waals surface area contributed by atoms with Gasteiger partial charge in [-0.2, -0.15) is 0 Å². The minimum absolute atomic E-state index is 0.105. The van der Waals surface area contributed by atoms with Crippen LogP contribution in [0.25, 0.3) is 0 Å². The number of amides is 2. The summed E-state index contributed by atoms with van der Waals surface area (Å²) in [6.07, 6.45) is 1.05. The van der Waals surface area contributed by atoms with Crippen LogP contribution in [0.2, 0.25) is 0 Å². The summed E-state index contributed by atoms with van der Waals surface area (Å²) in [4.78, 5) is 34.0. The molecule has 6 nitrogen and oxygen atoms in total. The fourth-order valence-corrected chi connectivity index (χ4v) is 1.37. The summed E-state index contributed by atoms with van der Waals surface area (Å²) in [6, 6.07) is -1.67. The van der Waals surface area contributed by atoms with Crippen molar-refractivity contribution in [1.82, 2.24) is 10.6 Å². The van der Waals surface area contributed by atoms with Crippen LogP contribution in [0.3, 0.4) is 0 Å². The Kier molecular flexibility index (Phi) is 7.00. The van der Waals surface area contributed by atoms with Gasteiger partial charge in [0.25, 0.3) is 0 Å². The van der Waals surface area contributed by atoms with Crippen molar-refractivity contribution in [2.75, 3.05) is 0 Å². The van der Waals surface area contributed by atoms with Crippen molar-refractivity contribution in [3.63, 3.8) is 0 Å². The summed E-state index contributed by atoms with van der Waals surface area (Å²) < 4.78 is 0. The van der Waals surface area contributed by atoms with Crippen LogP contribution in [0.1, 0.15) is 40.5 Å². The quantitative estimate of drug-likeness (QED) is 0.620. The number of hydrogen-bond donors (Lipinski definition) is 3. The van der Waals surface area contributed by atoms with Crippen LogP contribution in [-0.4, -0.2) is 35.0 Å². The summed E-state index contributed by atoms with van der Waals surface area (Å²) in [7, 11) is 0. The molecule has 0 heterocycles. The van der Waals surface area contributed by atoms with E-state index in [1.807, 2.05) is 6.92 Å². The molecule has 0 aliphatic heterocycles. The molecule has 18 heavy (non-hydrogen) atoms. The largest absolute Gasteiger partial charge is 0.480 e. The predicted molar refractivity (Wildman–Crippen MR) is 66.9 cm³/mol. The number of carboxylic acids is 1. The van der Waals surface area contributed by atoms with Crippen molar-refractivity contribution < 1.29 is 19.5 Å². The standard InChI is InChI=1S/C12H22N2O4/c1-5-6-9(15)14-10(7(2)3)11(16)13-8(4)12(17)18/h7-8,10H,5-6H2,1-4H3,(H,13,16)(H,14,15)(H,17,18)/t8-,10-/m0/s1. The van der Waals surface area contributed by atoms with Gasteiger partial charge in [-0.3, -0.25) is 14.4 Å². The van der Waals surface area contributed by atoms with E-state index < -0.39 is 24.0 Å². The predicted octanol–water partition coefficient (Wildman–Crippen LogP) is 0.517. The minimum atomic E-state index is -1.11. The summed E-state index contributed by atoms with van der Waals surface area (Å²) >= 11 is 0. The lowest BCUT2D eigenvalue weighted by Gasteiger charge is -2.22. The molecule has 0 aromatic carbocycles. The molecule has 0 radical (unpaired) electrons. The molecular formula is C12H22N2O4. The third-order valence-electron chi connectivity index (χ3n) is 2.47. The van der Waals surface area contributed by atoms with E-state index in [1.54, 1.807) is 13.8 Å². The van der Waals surface area contributed by atoms with Crippen molar-refractivity contribution >= 4 is 17.8 Å². The topological polar surface area (TPSA) is 95.5 Å². The van der Waals surface area contributed by atoms with Crippen LogP contribution in [0, 0.1) is 5.92 Å². The molecular weight excluding hydrogens is 236 g/mol. The third-order valence-corrected chi connectivity index (χ3v) is 2.47. The highest BCUT2D eigenvalue weighted by Gasteiger charge is 2.26. The Hall–Kier alpha value is -1.59. The first-order valence-electron chi connectivity index (χ1n) is 6.12. The number of hydrogen-bond acceptors (Lipinski definition) is 3. The van der Waals surface area contributed by atoms with Crippen LogP contribution in [-0.2, 0) is 14.4 Å². The molecule has 0 saturated heterocycles. The smallest absolute Gasteiger partial charge is 0.325 e. The van der Waals surface area contributed by atoms with Gasteiger partial charge in [-0.05, 0) is 19.3 Å². The average Bonchev–Trinajstić information content (AvgIpc) is 2.25. The molecule has 0 aromatic rings. The SMILES string of the molecule is CCCC(=O)N[C@H](C(=O)N[C@@H](C)C(=O)O)C(C)C. The maximum Gasteiger partial charge on any atom is 0.325 e. The number of rotatable bonds is 7. The highest BCUT2D eigenvalue weighted by Crippen LogP contribution is 2.03. The Morgan fingerprint density at radius 1 is 1.11 bits per heavy atom. The molecule has 3 N–H and O–H groups in total. The monoisotopic (exact) mass is 258 g/mol. The third kappa shape index (κ3) is 5.65. The van der Waals surface area contributed by atoms with Gasteiger partial charge in [0.1, 0.15) is 12.1 Å². The van der Waals surface area contributed by atoms with Crippen LogP contribution in [0.5, 0.6) is 0 Å². The fourth-order valence-electron chi connectivity index (χ4n) is 1.37. The second-order valence-corrected chi connectivity index (χ2v) is 4.61. The molecule has 104 valence electrons. The molecule has 0 spiro atoms. The van der Waals surface area contributed by atoms with Gasteiger partial charge in [0, 0.05) is 6.42 Å². The number of carbonyl (C=O) groups is 3. The van der Waals surface area contributed by atoms with Gasteiger partial charge >= 0.3 is 5.97 Å². The van der Waals surface area contributed by atoms with Gasteiger partial charge in [-0.1, -0.05) is 20.8 Å². The molecule has 0 aromatic heterocycles. The molecule has 0 aliphatic carbocycles. The van der Waals surface area contributed by atoms with E-state index in [4.69, 9.17) is 5.11 Å². The van der Waals surface area contributed by atoms with Gasteiger partial charge in [-0.15, -0.1) is 0 Å². The van der Waals surface area contributed by atoms with Gasteiger partial charge in [0.2, 0.25) is 11.8 Å². The first kappa shape index (κ1) is 16.4. The highest BCUT2D eigenvalue weighted by atomic mass is 16.4. The van der Waals surface area contributed by atoms with Crippen molar-refractivity contribution in [3.05, 3.63) is 0 Å². The Morgan fingerprint density at radius 3 is 2.06 bits per heavy atom. The zero-order chi connectivity index (χ0) is 14.3. The van der Waals surface area contributed by atoms with E-state index in [0.717, 1.165) is 0 Å². The van der Waals surface area contributed by atoms with Gasteiger partial charge < -0.3 is 15.7 Å². The molecule has 0 unspecified atom stereocenters. The lowest BCUT2D eigenvalue weighted by atomic mass is 10.0. The van der Waals surface area contributed by atoms with E-state index in [0.29, 0.717) is 12.8 Å². The van der Waals surface area contributed by atoms with Crippen molar-refractivity contribution in [3.8, 4) is 0 Å². The second-order valence-electron chi connectivity index (χ2n) is 4.61. The molecule has 2 amide bonds. The number of aliphatic carboxylic acids is 1. The molecule has 6 heteroatoms. The molecule has 0 fully saturated rings. The van der Waals surface area contributed by atoms with E-state index in [2.05, 4.69) is 10.6 Å². The maximum absolute atomic E-state index is 11.9. The van der Waals surface area contributed by atoms with Crippen molar-refractivity contribution in [2.45, 2.75) is 52.6 Å². The molecule has 0 bridgehead atoms. The van der Waals surface area contributed by atoms with Crippen LogP contribution in [0.4, 0.5) is 0 Å². The Labute approximate surface area is 107 Å². The van der Waals surface area contributed by atoms with Crippen molar-refractivity contribution in [2.24, 2.45) is 5.92 Å². The normalized spacial score (nSPS) is 13.8. The van der Waals surface area contributed by atoms with E-state index >= 15 is 0 Å². The van der Waals surface area contributed by atoms with Gasteiger partial charge in [-0.25, -0.2) is 0 Å². The highest BCUT2D eigenvalue weighted by molar-refractivity contribution is 5.90. The lowest BCUT2D eigenvalue weighted by molar-refractivity contribution is -0.142. The fraction of sp³-hybridized carbons (Fsp3) is 0.750.